The zero-order valence-corrected chi connectivity index (χ0v) is 10.4. The summed E-state index contributed by atoms with van der Waals surface area (Å²) in [5.41, 5.74) is -0.580. The fourth-order valence-electron chi connectivity index (χ4n) is 2.00. The number of carboxylic acid groups (broad SMARTS) is 1. The summed E-state index contributed by atoms with van der Waals surface area (Å²) < 4.78 is 5.19. The van der Waals surface area contributed by atoms with Gasteiger partial charge in [0.15, 0.2) is 5.69 Å². The van der Waals surface area contributed by atoms with Gasteiger partial charge in [-0.3, -0.25) is 10.1 Å². The minimum Gasteiger partial charge on any atom is -0.477 e. The fourth-order valence-corrected chi connectivity index (χ4v) is 2.00. The van der Waals surface area contributed by atoms with Crippen LogP contribution in [0.4, 0.5) is 11.5 Å². The number of hydrogen-bond donors (Lipinski definition) is 2. The number of aromatic nitrogens is 1. The average Bonchev–Trinajstić information content (AvgIpc) is 2.46. The summed E-state index contributed by atoms with van der Waals surface area (Å²) >= 11 is 0. The monoisotopic (exact) mass is 283 g/mol. The summed E-state index contributed by atoms with van der Waals surface area (Å²) in [5, 5.41) is 29.3. The van der Waals surface area contributed by atoms with Crippen LogP contribution in [0.3, 0.4) is 0 Å². The lowest BCUT2D eigenvalue weighted by molar-refractivity contribution is -0.384. The molecule has 2 N–H and O–H groups in total. The minimum atomic E-state index is -1.27. The third kappa shape index (κ3) is 2.68. The van der Waals surface area contributed by atoms with Gasteiger partial charge in [0.25, 0.3) is 0 Å². The van der Waals surface area contributed by atoms with Crippen molar-refractivity contribution in [2.45, 2.75) is 6.04 Å². The molecular formula is C11H13N3O6. The summed E-state index contributed by atoms with van der Waals surface area (Å²) in [7, 11) is 0. The first kappa shape index (κ1) is 14.2. The number of carbonyl (C=O) groups is 1. The number of nitrogens with zero attached hydrogens (tertiary/aromatic N) is 3. The van der Waals surface area contributed by atoms with Crippen LogP contribution in [0.1, 0.15) is 10.5 Å². The standard InChI is InChI=1S/C11H13N3O6/c15-5-7-6-20-4-3-13(7)10-9(14(18)19)2-1-8(12-10)11(16)17/h1-2,7,15H,3-6H2,(H,16,17). The van der Waals surface area contributed by atoms with Crippen LogP contribution in [0.15, 0.2) is 12.1 Å². The second-order valence-corrected chi connectivity index (χ2v) is 4.21. The van der Waals surface area contributed by atoms with Gasteiger partial charge >= 0.3 is 11.7 Å². The zero-order chi connectivity index (χ0) is 14.7. The van der Waals surface area contributed by atoms with Gasteiger partial charge in [-0.2, -0.15) is 0 Å². The number of aromatic carboxylic acids is 1. The number of pyridine rings is 1. The number of ether oxygens (including phenoxy) is 1. The van der Waals surface area contributed by atoms with Crippen molar-refractivity contribution >= 4 is 17.5 Å². The Labute approximate surface area is 113 Å². The molecule has 1 aromatic rings. The first-order chi connectivity index (χ1) is 9.54. The van der Waals surface area contributed by atoms with Gasteiger partial charge in [-0.05, 0) is 6.07 Å². The fraction of sp³-hybridized carbons (Fsp3) is 0.455. The quantitative estimate of drug-likeness (QED) is 0.578. The Balaban J connectivity index is 2.47. The zero-order valence-electron chi connectivity index (χ0n) is 10.4. The van der Waals surface area contributed by atoms with Gasteiger partial charge in [-0.15, -0.1) is 0 Å². The molecular weight excluding hydrogens is 270 g/mol. The molecule has 0 aliphatic carbocycles. The number of aliphatic hydroxyl groups is 1. The number of anilines is 1. The Morgan fingerprint density at radius 2 is 2.35 bits per heavy atom. The van der Waals surface area contributed by atoms with E-state index in [2.05, 4.69) is 4.98 Å². The first-order valence-corrected chi connectivity index (χ1v) is 5.88. The van der Waals surface area contributed by atoms with Crippen molar-refractivity contribution in [3.63, 3.8) is 0 Å². The van der Waals surface area contributed by atoms with Crippen molar-refractivity contribution in [3.8, 4) is 0 Å². The molecule has 0 amide bonds. The summed E-state index contributed by atoms with van der Waals surface area (Å²) in [6, 6.07) is 1.70. The Kier molecular flexibility index (Phi) is 4.11. The summed E-state index contributed by atoms with van der Waals surface area (Å²) in [4.78, 5) is 26.7. The smallest absolute Gasteiger partial charge is 0.354 e. The Bertz CT molecular complexity index is 535. The van der Waals surface area contributed by atoms with Crippen molar-refractivity contribution in [2.75, 3.05) is 31.3 Å². The van der Waals surface area contributed by atoms with E-state index < -0.39 is 16.9 Å². The lowest BCUT2D eigenvalue weighted by atomic mass is 10.2. The van der Waals surface area contributed by atoms with Crippen molar-refractivity contribution < 1.29 is 24.7 Å². The lowest BCUT2D eigenvalue weighted by Crippen LogP contribution is -2.48. The van der Waals surface area contributed by atoms with Gasteiger partial charge < -0.3 is 19.8 Å². The maximum absolute atomic E-state index is 11.0. The number of hydrogen-bond acceptors (Lipinski definition) is 7. The minimum absolute atomic E-state index is 0.0581. The van der Waals surface area contributed by atoms with Gasteiger partial charge in [0, 0.05) is 12.6 Å². The molecule has 1 aliphatic rings. The second kappa shape index (κ2) is 5.80. The Morgan fingerprint density at radius 3 is 2.95 bits per heavy atom. The number of nitro groups is 1. The molecule has 1 aromatic heterocycles. The number of aliphatic hydroxyl groups excluding tert-OH is 1. The van der Waals surface area contributed by atoms with E-state index in [1.165, 1.54) is 4.90 Å². The van der Waals surface area contributed by atoms with Crippen molar-refractivity contribution in [1.29, 1.82) is 0 Å². The van der Waals surface area contributed by atoms with Gasteiger partial charge in [0.1, 0.15) is 0 Å². The van der Waals surface area contributed by atoms with Gasteiger partial charge in [-0.25, -0.2) is 9.78 Å². The first-order valence-electron chi connectivity index (χ1n) is 5.88. The molecule has 0 saturated carbocycles. The average molecular weight is 283 g/mol. The molecule has 0 radical (unpaired) electrons. The summed E-state index contributed by atoms with van der Waals surface area (Å²) in [5.74, 6) is -1.33. The van der Waals surface area contributed by atoms with Gasteiger partial charge in [0.2, 0.25) is 5.82 Å². The number of rotatable bonds is 4. The van der Waals surface area contributed by atoms with E-state index >= 15 is 0 Å². The highest BCUT2D eigenvalue weighted by molar-refractivity contribution is 5.86. The van der Waals surface area contributed by atoms with E-state index in [-0.39, 0.29) is 30.4 Å². The summed E-state index contributed by atoms with van der Waals surface area (Å²) in [6.45, 7) is 0.553. The van der Waals surface area contributed by atoms with E-state index in [9.17, 15) is 20.0 Å². The van der Waals surface area contributed by atoms with Crippen molar-refractivity contribution in [1.82, 2.24) is 4.98 Å². The lowest BCUT2D eigenvalue weighted by Gasteiger charge is -2.34. The van der Waals surface area contributed by atoms with Crippen LogP contribution in [-0.2, 0) is 4.74 Å². The van der Waals surface area contributed by atoms with E-state index in [4.69, 9.17) is 9.84 Å². The SMILES string of the molecule is O=C(O)c1ccc([N+](=O)[O-])c(N2CCOCC2CO)n1. The molecule has 1 saturated heterocycles. The molecule has 9 heteroatoms. The normalized spacial score (nSPS) is 18.9. The highest BCUT2D eigenvalue weighted by Gasteiger charge is 2.30. The molecule has 20 heavy (non-hydrogen) atoms. The number of morpholine rings is 1. The molecule has 0 bridgehead atoms. The van der Waals surface area contributed by atoms with Crippen LogP contribution < -0.4 is 4.90 Å². The van der Waals surface area contributed by atoms with Gasteiger partial charge in [0.05, 0.1) is 30.8 Å². The summed E-state index contributed by atoms with van der Waals surface area (Å²) in [6.07, 6.45) is 0. The van der Waals surface area contributed by atoms with Crippen LogP contribution in [0.2, 0.25) is 0 Å². The van der Waals surface area contributed by atoms with Crippen LogP contribution in [-0.4, -0.2) is 58.5 Å². The highest BCUT2D eigenvalue weighted by Crippen LogP contribution is 2.28. The molecule has 1 fully saturated rings. The second-order valence-electron chi connectivity index (χ2n) is 4.21. The molecule has 108 valence electrons. The van der Waals surface area contributed by atoms with Crippen molar-refractivity contribution in [3.05, 3.63) is 27.9 Å². The van der Waals surface area contributed by atoms with E-state index in [0.29, 0.717) is 13.2 Å². The van der Waals surface area contributed by atoms with Crippen LogP contribution in [0.25, 0.3) is 0 Å². The molecule has 0 spiro atoms. The maximum Gasteiger partial charge on any atom is 0.354 e. The Morgan fingerprint density at radius 1 is 1.60 bits per heavy atom. The molecule has 9 nitrogen and oxygen atoms in total. The van der Waals surface area contributed by atoms with Crippen LogP contribution >= 0.6 is 0 Å². The molecule has 2 heterocycles. The van der Waals surface area contributed by atoms with Gasteiger partial charge in [-0.1, -0.05) is 0 Å². The highest BCUT2D eigenvalue weighted by atomic mass is 16.6. The predicted molar refractivity (Wildman–Crippen MR) is 66.9 cm³/mol. The third-order valence-corrected chi connectivity index (χ3v) is 2.98. The number of carboxylic acids is 1. The van der Waals surface area contributed by atoms with Crippen LogP contribution in [0.5, 0.6) is 0 Å². The third-order valence-electron chi connectivity index (χ3n) is 2.98. The topological polar surface area (TPSA) is 126 Å². The molecule has 1 atom stereocenters. The van der Waals surface area contributed by atoms with E-state index in [1.54, 1.807) is 0 Å². The van der Waals surface area contributed by atoms with Crippen molar-refractivity contribution in [2.24, 2.45) is 0 Å². The van der Waals surface area contributed by atoms with E-state index in [0.717, 1.165) is 12.1 Å². The molecule has 1 aliphatic heterocycles. The predicted octanol–water partition coefficient (Wildman–Crippen LogP) is -0.115. The molecule has 0 aromatic carbocycles. The van der Waals surface area contributed by atoms with E-state index in [1.807, 2.05) is 0 Å². The maximum atomic E-state index is 11.0. The molecule has 1 unspecified atom stereocenters. The Hall–Kier alpha value is -2.26. The largest absolute Gasteiger partial charge is 0.477 e. The van der Waals surface area contributed by atoms with Crippen LogP contribution in [0, 0.1) is 10.1 Å². The molecule has 2 rings (SSSR count).